The van der Waals surface area contributed by atoms with Crippen molar-refractivity contribution in [2.24, 2.45) is 13.0 Å². The standard InChI is InChI=1S/C25H27F2N5O5/c1-14-22(37-19-5-3-4-16(10-19)24(33)34)7-6-20(29-14)23-21(32(2)31-30-23)12-28-25(35)36-13-15-8-17(26)11-18(27)9-15/h6-9,11,16,19H,3-5,10,12-13H2,1-2H3,(H,28,35)(H,33,34)/t16-,19-/m0/s1. The van der Waals surface area contributed by atoms with E-state index in [0.717, 1.165) is 31.0 Å². The molecule has 1 aromatic carbocycles. The highest BCUT2D eigenvalue weighted by atomic mass is 19.1. The quantitative estimate of drug-likeness (QED) is 0.462. The first kappa shape index (κ1) is 26.0. The van der Waals surface area contributed by atoms with Crippen LogP contribution in [0.15, 0.2) is 30.3 Å². The molecule has 2 N–H and O–H groups in total. The number of aliphatic carboxylic acids is 1. The minimum absolute atomic E-state index is 0.0206. The summed E-state index contributed by atoms with van der Waals surface area (Å²) in [5, 5.41) is 20.1. The SMILES string of the molecule is Cc1nc(-c2nnn(C)c2CNC(=O)OCc2cc(F)cc(F)c2)ccc1O[C@H]1CCC[C@H](C(=O)O)C1. The zero-order chi connectivity index (χ0) is 26.5. The molecule has 0 saturated heterocycles. The summed E-state index contributed by atoms with van der Waals surface area (Å²) in [6.07, 6.45) is 1.73. The highest BCUT2D eigenvalue weighted by Crippen LogP contribution is 2.30. The van der Waals surface area contributed by atoms with Gasteiger partial charge in [0.1, 0.15) is 29.7 Å². The van der Waals surface area contributed by atoms with Crippen molar-refractivity contribution in [1.82, 2.24) is 25.3 Å². The van der Waals surface area contributed by atoms with Crippen molar-refractivity contribution in [3.63, 3.8) is 0 Å². The summed E-state index contributed by atoms with van der Waals surface area (Å²) in [5.41, 5.74) is 2.33. The molecule has 10 nitrogen and oxygen atoms in total. The van der Waals surface area contributed by atoms with Crippen LogP contribution < -0.4 is 10.1 Å². The second-order valence-electron chi connectivity index (χ2n) is 8.94. The molecule has 0 aliphatic heterocycles. The molecule has 12 heteroatoms. The maximum Gasteiger partial charge on any atom is 0.407 e. The van der Waals surface area contributed by atoms with E-state index in [1.807, 2.05) is 0 Å². The first-order valence-electron chi connectivity index (χ1n) is 11.8. The number of aryl methyl sites for hydroxylation is 2. The number of ether oxygens (including phenoxy) is 2. The topological polar surface area (TPSA) is 128 Å². The Bertz CT molecular complexity index is 1280. The first-order chi connectivity index (χ1) is 17.7. The summed E-state index contributed by atoms with van der Waals surface area (Å²) in [6.45, 7) is 1.51. The summed E-state index contributed by atoms with van der Waals surface area (Å²) in [7, 11) is 1.67. The van der Waals surface area contributed by atoms with Gasteiger partial charge in [0, 0.05) is 13.1 Å². The van der Waals surface area contributed by atoms with Crippen LogP contribution in [0, 0.1) is 24.5 Å². The number of amides is 1. The van der Waals surface area contributed by atoms with Crippen molar-refractivity contribution in [3.8, 4) is 17.1 Å². The summed E-state index contributed by atoms with van der Waals surface area (Å²) < 4.78 is 39.2. The van der Waals surface area contributed by atoms with Gasteiger partial charge >= 0.3 is 12.1 Å². The first-order valence-corrected chi connectivity index (χ1v) is 11.8. The monoisotopic (exact) mass is 515 g/mol. The lowest BCUT2D eigenvalue weighted by molar-refractivity contribution is -0.143. The number of nitrogens with one attached hydrogen (secondary N) is 1. The number of halogens is 2. The van der Waals surface area contributed by atoms with Crippen LogP contribution in [0.1, 0.15) is 42.6 Å². The molecular formula is C25H27F2N5O5. The zero-order valence-corrected chi connectivity index (χ0v) is 20.4. The number of benzene rings is 1. The predicted molar refractivity (Wildman–Crippen MR) is 126 cm³/mol. The Hall–Kier alpha value is -4.09. The van der Waals surface area contributed by atoms with E-state index in [4.69, 9.17) is 9.47 Å². The van der Waals surface area contributed by atoms with Gasteiger partial charge in [0.25, 0.3) is 0 Å². The molecule has 2 atom stereocenters. The van der Waals surface area contributed by atoms with Crippen LogP contribution in [0.3, 0.4) is 0 Å². The van der Waals surface area contributed by atoms with Crippen molar-refractivity contribution >= 4 is 12.1 Å². The molecule has 2 heterocycles. The molecule has 2 aromatic heterocycles. The van der Waals surface area contributed by atoms with E-state index in [9.17, 15) is 23.5 Å². The molecule has 0 spiro atoms. The Balaban J connectivity index is 1.38. The number of alkyl carbamates (subject to hydrolysis) is 1. The van der Waals surface area contributed by atoms with E-state index in [0.29, 0.717) is 41.4 Å². The van der Waals surface area contributed by atoms with Gasteiger partial charge in [-0.2, -0.15) is 0 Å². The molecule has 196 valence electrons. The number of pyridine rings is 1. The summed E-state index contributed by atoms with van der Waals surface area (Å²) in [5.74, 6) is -2.14. The Labute approximate surface area is 211 Å². The van der Waals surface area contributed by atoms with Crippen molar-refractivity contribution in [3.05, 3.63) is 58.9 Å². The van der Waals surface area contributed by atoms with Crippen molar-refractivity contribution in [1.29, 1.82) is 0 Å². The van der Waals surface area contributed by atoms with Crippen LogP contribution in [0.5, 0.6) is 5.75 Å². The molecule has 1 fully saturated rings. The number of hydrogen-bond acceptors (Lipinski definition) is 7. The Morgan fingerprint density at radius 3 is 2.65 bits per heavy atom. The van der Waals surface area contributed by atoms with Gasteiger partial charge in [-0.1, -0.05) is 5.21 Å². The van der Waals surface area contributed by atoms with Crippen LogP contribution in [0.4, 0.5) is 13.6 Å². The number of carboxylic acids is 1. The van der Waals surface area contributed by atoms with E-state index in [1.54, 1.807) is 26.1 Å². The third-order valence-electron chi connectivity index (χ3n) is 6.18. The highest BCUT2D eigenvalue weighted by Gasteiger charge is 2.28. The number of carboxylic acid groups (broad SMARTS) is 1. The Kier molecular flexibility index (Phi) is 7.95. The average Bonchev–Trinajstić information content (AvgIpc) is 3.22. The number of nitrogens with zero attached hydrogens (tertiary/aromatic N) is 4. The van der Waals surface area contributed by atoms with Gasteiger partial charge in [-0.15, -0.1) is 5.10 Å². The minimum Gasteiger partial charge on any atom is -0.489 e. The van der Waals surface area contributed by atoms with Gasteiger partial charge in [0.05, 0.1) is 35.6 Å². The van der Waals surface area contributed by atoms with Crippen molar-refractivity contribution < 1.29 is 33.0 Å². The molecule has 0 bridgehead atoms. The number of aromatic nitrogens is 4. The summed E-state index contributed by atoms with van der Waals surface area (Å²) in [6, 6.07) is 6.39. The van der Waals surface area contributed by atoms with E-state index in [-0.39, 0.29) is 24.8 Å². The average molecular weight is 516 g/mol. The second-order valence-corrected chi connectivity index (χ2v) is 8.94. The third kappa shape index (κ3) is 6.57. The van der Waals surface area contributed by atoms with Gasteiger partial charge in [-0.3, -0.25) is 4.79 Å². The van der Waals surface area contributed by atoms with Crippen LogP contribution in [-0.2, 0) is 29.7 Å². The number of rotatable bonds is 8. The summed E-state index contributed by atoms with van der Waals surface area (Å²) in [4.78, 5) is 28.1. The van der Waals surface area contributed by atoms with Crippen LogP contribution in [0.2, 0.25) is 0 Å². The van der Waals surface area contributed by atoms with Gasteiger partial charge in [0.15, 0.2) is 0 Å². The van der Waals surface area contributed by atoms with Crippen LogP contribution in [0.25, 0.3) is 11.4 Å². The highest BCUT2D eigenvalue weighted by molar-refractivity contribution is 5.70. The lowest BCUT2D eigenvalue weighted by Crippen LogP contribution is -2.29. The van der Waals surface area contributed by atoms with Gasteiger partial charge in [0.2, 0.25) is 0 Å². The fourth-order valence-corrected chi connectivity index (χ4v) is 4.28. The molecule has 1 aliphatic carbocycles. The maximum absolute atomic E-state index is 13.3. The Morgan fingerprint density at radius 1 is 1.19 bits per heavy atom. The van der Waals surface area contributed by atoms with Crippen LogP contribution >= 0.6 is 0 Å². The molecule has 37 heavy (non-hydrogen) atoms. The second kappa shape index (κ2) is 11.3. The maximum atomic E-state index is 13.3. The fourth-order valence-electron chi connectivity index (χ4n) is 4.28. The van der Waals surface area contributed by atoms with E-state index < -0.39 is 29.6 Å². The molecule has 0 radical (unpaired) electrons. The van der Waals surface area contributed by atoms with E-state index >= 15 is 0 Å². The largest absolute Gasteiger partial charge is 0.489 e. The van der Waals surface area contributed by atoms with Crippen molar-refractivity contribution in [2.45, 2.75) is 51.9 Å². The number of hydrogen-bond donors (Lipinski definition) is 2. The van der Waals surface area contributed by atoms with Gasteiger partial charge in [-0.05, 0) is 62.4 Å². The number of carbonyl (C=O) groups is 2. The molecule has 1 saturated carbocycles. The molecule has 1 aliphatic rings. The lowest BCUT2D eigenvalue weighted by atomic mass is 9.87. The molecule has 3 aromatic rings. The molecular weight excluding hydrogens is 488 g/mol. The third-order valence-corrected chi connectivity index (χ3v) is 6.18. The van der Waals surface area contributed by atoms with Gasteiger partial charge in [-0.25, -0.2) is 23.2 Å². The molecule has 4 rings (SSSR count). The summed E-state index contributed by atoms with van der Waals surface area (Å²) >= 11 is 0. The van der Waals surface area contributed by atoms with Gasteiger partial charge < -0.3 is 19.9 Å². The molecule has 1 amide bonds. The van der Waals surface area contributed by atoms with Crippen LogP contribution in [-0.4, -0.2) is 43.3 Å². The van der Waals surface area contributed by atoms with E-state index in [2.05, 4.69) is 20.6 Å². The van der Waals surface area contributed by atoms with Crippen molar-refractivity contribution in [2.75, 3.05) is 0 Å². The Morgan fingerprint density at radius 2 is 1.95 bits per heavy atom. The minimum atomic E-state index is -0.797. The smallest absolute Gasteiger partial charge is 0.407 e. The normalized spacial score (nSPS) is 17.3. The van der Waals surface area contributed by atoms with E-state index in [1.165, 1.54) is 4.68 Å². The number of carbonyl (C=O) groups excluding carboxylic acids is 1. The zero-order valence-electron chi connectivity index (χ0n) is 20.4. The fraction of sp³-hybridized carbons (Fsp3) is 0.400. The lowest BCUT2D eigenvalue weighted by Gasteiger charge is -2.27. The molecule has 0 unspecified atom stereocenters. The predicted octanol–water partition coefficient (Wildman–Crippen LogP) is 3.91.